The van der Waals surface area contributed by atoms with Crippen molar-refractivity contribution >= 4 is 11.7 Å². The van der Waals surface area contributed by atoms with Crippen molar-refractivity contribution in [1.82, 2.24) is 0 Å². The second kappa shape index (κ2) is 4.50. The van der Waals surface area contributed by atoms with Gasteiger partial charge in [0.05, 0.1) is 12.8 Å². The Hall–Kier alpha value is -1.71. The highest BCUT2D eigenvalue weighted by Crippen LogP contribution is 2.21. The van der Waals surface area contributed by atoms with Crippen LogP contribution in [0.4, 0.5) is 5.69 Å². The zero-order valence-electron chi connectivity index (χ0n) is 8.19. The molecule has 0 spiro atoms. The third-order valence-electron chi connectivity index (χ3n) is 1.76. The van der Waals surface area contributed by atoms with E-state index in [1.165, 1.54) is 7.11 Å². The third-order valence-corrected chi connectivity index (χ3v) is 1.76. The minimum absolute atomic E-state index is 0.423. The Balaban J connectivity index is 2.69. The maximum atomic E-state index is 11.0. The lowest BCUT2D eigenvalue weighted by Crippen LogP contribution is -2.25. The van der Waals surface area contributed by atoms with E-state index in [9.17, 15) is 4.79 Å². The number of methoxy groups -OCH3 is 1. The van der Waals surface area contributed by atoms with Crippen molar-refractivity contribution < 1.29 is 14.3 Å². The van der Waals surface area contributed by atoms with E-state index in [1.807, 2.05) is 0 Å². The summed E-state index contributed by atoms with van der Waals surface area (Å²) < 4.78 is 9.82. The van der Waals surface area contributed by atoms with Crippen LogP contribution in [-0.2, 0) is 9.53 Å². The fraction of sp³-hybridized carbons (Fsp3) is 0.300. The number of anilines is 1. The van der Waals surface area contributed by atoms with Crippen LogP contribution in [0.1, 0.15) is 6.92 Å². The molecule has 0 saturated heterocycles. The maximum absolute atomic E-state index is 11.0. The van der Waals surface area contributed by atoms with Crippen LogP contribution in [0.3, 0.4) is 0 Å². The van der Waals surface area contributed by atoms with Crippen LogP contribution < -0.4 is 10.5 Å². The number of carbonyl (C=O) groups excluding carboxylic acids is 1. The van der Waals surface area contributed by atoms with E-state index in [1.54, 1.807) is 31.2 Å². The lowest BCUT2D eigenvalue weighted by molar-refractivity contribution is -0.147. The van der Waals surface area contributed by atoms with E-state index < -0.39 is 12.1 Å². The van der Waals surface area contributed by atoms with Gasteiger partial charge in [0.1, 0.15) is 5.75 Å². The largest absolute Gasteiger partial charge is 0.477 e. The number of nitrogen functional groups attached to an aromatic ring is 1. The van der Waals surface area contributed by atoms with Gasteiger partial charge in [0.2, 0.25) is 0 Å². The molecular formula is C10H13NO3. The predicted octanol–water partition coefficient (Wildman–Crippen LogP) is 1.21. The number of ether oxygens (including phenoxy) is 2. The van der Waals surface area contributed by atoms with Crippen molar-refractivity contribution in [2.45, 2.75) is 13.0 Å². The Labute approximate surface area is 82.6 Å². The molecule has 0 aliphatic carbocycles. The van der Waals surface area contributed by atoms with Crippen molar-refractivity contribution in [3.8, 4) is 5.75 Å². The van der Waals surface area contributed by atoms with Gasteiger partial charge in [0.25, 0.3) is 0 Å². The number of nitrogens with two attached hydrogens (primary N) is 1. The smallest absolute Gasteiger partial charge is 0.346 e. The molecule has 1 rings (SSSR count). The quantitative estimate of drug-likeness (QED) is 0.581. The normalized spacial score (nSPS) is 11.9. The monoisotopic (exact) mass is 195 g/mol. The Morgan fingerprint density at radius 1 is 1.43 bits per heavy atom. The first kappa shape index (κ1) is 10.4. The highest BCUT2D eigenvalue weighted by atomic mass is 16.6. The topological polar surface area (TPSA) is 61.5 Å². The van der Waals surface area contributed by atoms with Crippen LogP contribution in [0.25, 0.3) is 0 Å². The summed E-state index contributed by atoms with van der Waals surface area (Å²) in [6.07, 6.45) is -0.648. The first-order valence-electron chi connectivity index (χ1n) is 4.24. The standard InChI is InChI=1S/C10H13NO3/c1-7(10(12)13-2)14-9-6-4-3-5-8(9)11/h3-7H,11H2,1-2H3. The number of rotatable bonds is 3. The maximum Gasteiger partial charge on any atom is 0.346 e. The molecule has 0 bridgehead atoms. The first-order valence-corrected chi connectivity index (χ1v) is 4.24. The number of esters is 1. The Morgan fingerprint density at radius 2 is 2.07 bits per heavy atom. The molecule has 1 unspecified atom stereocenters. The SMILES string of the molecule is COC(=O)C(C)Oc1ccccc1N. The molecule has 76 valence electrons. The lowest BCUT2D eigenvalue weighted by Gasteiger charge is -2.13. The third kappa shape index (κ3) is 2.39. The zero-order valence-corrected chi connectivity index (χ0v) is 8.19. The van der Waals surface area contributed by atoms with Gasteiger partial charge < -0.3 is 15.2 Å². The predicted molar refractivity (Wildman–Crippen MR) is 53.0 cm³/mol. The fourth-order valence-corrected chi connectivity index (χ4v) is 0.992. The molecule has 14 heavy (non-hydrogen) atoms. The summed E-state index contributed by atoms with van der Waals surface area (Å²) in [4.78, 5) is 11.0. The van der Waals surface area contributed by atoms with E-state index in [0.29, 0.717) is 11.4 Å². The number of para-hydroxylation sites is 2. The molecule has 0 radical (unpaired) electrons. The molecule has 2 N–H and O–H groups in total. The van der Waals surface area contributed by atoms with Gasteiger partial charge in [-0.05, 0) is 19.1 Å². The summed E-state index contributed by atoms with van der Waals surface area (Å²) in [5, 5.41) is 0. The van der Waals surface area contributed by atoms with Crippen LogP contribution in [0.15, 0.2) is 24.3 Å². The number of benzene rings is 1. The minimum atomic E-state index is -0.648. The molecular weight excluding hydrogens is 182 g/mol. The molecule has 0 aliphatic rings. The van der Waals surface area contributed by atoms with Gasteiger partial charge in [-0.2, -0.15) is 0 Å². The molecule has 4 nitrogen and oxygen atoms in total. The van der Waals surface area contributed by atoms with Crippen LogP contribution in [-0.4, -0.2) is 19.2 Å². The molecule has 0 aromatic heterocycles. The number of hydrogen-bond donors (Lipinski definition) is 1. The molecule has 0 aliphatic heterocycles. The molecule has 4 heteroatoms. The van der Waals surface area contributed by atoms with Crippen molar-refractivity contribution in [2.24, 2.45) is 0 Å². The van der Waals surface area contributed by atoms with Gasteiger partial charge in [0.15, 0.2) is 6.10 Å². The van der Waals surface area contributed by atoms with Gasteiger partial charge in [-0.1, -0.05) is 12.1 Å². The lowest BCUT2D eigenvalue weighted by atomic mass is 10.3. The molecule has 0 fully saturated rings. The number of hydrogen-bond acceptors (Lipinski definition) is 4. The minimum Gasteiger partial charge on any atom is -0.477 e. The molecule has 0 saturated carbocycles. The summed E-state index contributed by atoms with van der Waals surface area (Å²) in [5.74, 6) is 0.0682. The second-order valence-electron chi connectivity index (χ2n) is 2.82. The van der Waals surface area contributed by atoms with Gasteiger partial charge in [-0.3, -0.25) is 0 Å². The summed E-state index contributed by atoms with van der Waals surface area (Å²) in [6.45, 7) is 1.61. The van der Waals surface area contributed by atoms with Crippen molar-refractivity contribution in [3.05, 3.63) is 24.3 Å². The molecule has 0 heterocycles. The highest BCUT2D eigenvalue weighted by Gasteiger charge is 2.15. The van der Waals surface area contributed by atoms with E-state index in [2.05, 4.69) is 4.74 Å². The summed E-state index contributed by atoms with van der Waals surface area (Å²) in [5.41, 5.74) is 6.14. The summed E-state index contributed by atoms with van der Waals surface area (Å²) in [6, 6.07) is 6.99. The highest BCUT2D eigenvalue weighted by molar-refractivity contribution is 5.74. The van der Waals surface area contributed by atoms with Crippen molar-refractivity contribution in [1.29, 1.82) is 0 Å². The number of carbonyl (C=O) groups is 1. The first-order chi connectivity index (χ1) is 6.65. The van der Waals surface area contributed by atoms with Gasteiger partial charge >= 0.3 is 5.97 Å². The van der Waals surface area contributed by atoms with E-state index >= 15 is 0 Å². The summed E-state index contributed by atoms with van der Waals surface area (Å²) >= 11 is 0. The van der Waals surface area contributed by atoms with Gasteiger partial charge in [0, 0.05) is 0 Å². The zero-order chi connectivity index (χ0) is 10.6. The Bertz CT molecular complexity index is 325. The van der Waals surface area contributed by atoms with E-state index in [-0.39, 0.29) is 0 Å². The summed E-state index contributed by atoms with van der Waals surface area (Å²) in [7, 11) is 1.32. The van der Waals surface area contributed by atoms with Crippen LogP contribution >= 0.6 is 0 Å². The molecule has 1 aromatic carbocycles. The fourth-order valence-electron chi connectivity index (χ4n) is 0.992. The molecule has 1 atom stereocenters. The average molecular weight is 195 g/mol. The van der Waals surface area contributed by atoms with Crippen LogP contribution in [0.5, 0.6) is 5.75 Å². The van der Waals surface area contributed by atoms with Crippen molar-refractivity contribution in [3.63, 3.8) is 0 Å². The van der Waals surface area contributed by atoms with E-state index in [4.69, 9.17) is 10.5 Å². The van der Waals surface area contributed by atoms with Crippen LogP contribution in [0.2, 0.25) is 0 Å². The van der Waals surface area contributed by atoms with Gasteiger partial charge in [-0.15, -0.1) is 0 Å². The Morgan fingerprint density at radius 3 is 2.64 bits per heavy atom. The van der Waals surface area contributed by atoms with Crippen LogP contribution in [0, 0.1) is 0 Å². The second-order valence-corrected chi connectivity index (χ2v) is 2.82. The molecule has 0 amide bonds. The molecule has 1 aromatic rings. The Kier molecular flexibility index (Phi) is 3.34. The average Bonchev–Trinajstić information content (AvgIpc) is 2.20. The van der Waals surface area contributed by atoms with Gasteiger partial charge in [-0.25, -0.2) is 4.79 Å². The van der Waals surface area contributed by atoms with Crippen molar-refractivity contribution in [2.75, 3.05) is 12.8 Å². The van der Waals surface area contributed by atoms with E-state index in [0.717, 1.165) is 0 Å².